The first-order valence-corrected chi connectivity index (χ1v) is 14.4. The summed E-state index contributed by atoms with van der Waals surface area (Å²) in [7, 11) is 1.97. The lowest BCUT2D eigenvalue weighted by Crippen LogP contribution is -2.59. The van der Waals surface area contributed by atoms with Gasteiger partial charge in [0.1, 0.15) is 5.82 Å². The van der Waals surface area contributed by atoms with Gasteiger partial charge in [-0.15, -0.1) is 0 Å². The fourth-order valence-corrected chi connectivity index (χ4v) is 9.12. The van der Waals surface area contributed by atoms with Crippen LogP contribution in [-0.2, 0) is 16.1 Å². The Kier molecular flexibility index (Phi) is 6.15. The third kappa shape index (κ3) is 4.01. The molecule has 2 heterocycles. The maximum absolute atomic E-state index is 13.1. The van der Waals surface area contributed by atoms with E-state index in [0.717, 1.165) is 30.3 Å². The monoisotopic (exact) mass is 542 g/mol. The standard InChI is InChI=1S/C29H36Cl2N4O2/c1-28-10-8-19-17(5-7-24-29(19,2)11-9-27(37)35(24)3)18(28)6-4-16(28)12-26(36)32-15-25-33-22-13-20(30)21(31)14-23(22)34-25/h9,11,13-14,16-19,24H,4-8,10,12,15H2,1-3H3,(H,32,36)(H,33,34)/t16-,17?,18?,19?,24?,28-,29-/m1/s1. The minimum Gasteiger partial charge on any atom is -0.349 e. The van der Waals surface area contributed by atoms with Crippen LogP contribution in [0.15, 0.2) is 24.3 Å². The number of carbonyl (C=O) groups is 2. The molecule has 0 saturated heterocycles. The number of rotatable bonds is 4. The van der Waals surface area contributed by atoms with Gasteiger partial charge in [0.2, 0.25) is 11.8 Å². The second kappa shape index (κ2) is 9.01. The summed E-state index contributed by atoms with van der Waals surface area (Å²) < 4.78 is 0. The average molecular weight is 544 g/mol. The van der Waals surface area contributed by atoms with Crippen LogP contribution in [0.2, 0.25) is 10.0 Å². The van der Waals surface area contributed by atoms with Crippen LogP contribution in [0.25, 0.3) is 11.0 Å². The van der Waals surface area contributed by atoms with E-state index in [-0.39, 0.29) is 22.6 Å². The first kappa shape index (κ1) is 25.2. The van der Waals surface area contributed by atoms with Crippen molar-refractivity contribution in [2.75, 3.05) is 7.05 Å². The van der Waals surface area contributed by atoms with Gasteiger partial charge in [-0.3, -0.25) is 9.59 Å². The van der Waals surface area contributed by atoms with Crippen LogP contribution >= 0.6 is 23.2 Å². The molecule has 0 spiro atoms. The van der Waals surface area contributed by atoms with Crippen LogP contribution in [-0.4, -0.2) is 39.8 Å². The first-order chi connectivity index (χ1) is 17.6. The van der Waals surface area contributed by atoms with Crippen molar-refractivity contribution in [1.82, 2.24) is 20.2 Å². The third-order valence-corrected chi connectivity index (χ3v) is 11.5. The highest BCUT2D eigenvalue weighted by Gasteiger charge is 2.60. The Labute approximate surface area is 228 Å². The molecule has 1 aliphatic heterocycles. The van der Waals surface area contributed by atoms with Crippen LogP contribution in [0.5, 0.6) is 0 Å². The molecule has 8 heteroatoms. The first-order valence-electron chi connectivity index (χ1n) is 13.7. The second-order valence-corrected chi connectivity index (χ2v) is 13.2. The molecule has 4 unspecified atom stereocenters. The van der Waals surface area contributed by atoms with Crippen molar-refractivity contribution in [3.63, 3.8) is 0 Å². The van der Waals surface area contributed by atoms with Crippen LogP contribution in [0, 0.1) is 34.5 Å². The van der Waals surface area contributed by atoms with Gasteiger partial charge in [0.05, 0.1) is 27.6 Å². The third-order valence-electron chi connectivity index (χ3n) is 10.8. The molecule has 4 aliphatic rings. The summed E-state index contributed by atoms with van der Waals surface area (Å²) in [6.45, 7) is 5.20. The number of fused-ring (bicyclic) bond motifs is 6. The number of hydrogen-bond acceptors (Lipinski definition) is 3. The Morgan fingerprint density at radius 3 is 2.73 bits per heavy atom. The molecule has 2 amide bonds. The van der Waals surface area contributed by atoms with Crippen LogP contribution < -0.4 is 5.32 Å². The molecule has 0 radical (unpaired) electrons. The highest BCUT2D eigenvalue weighted by molar-refractivity contribution is 6.42. The number of hydrogen-bond donors (Lipinski definition) is 2. The maximum atomic E-state index is 13.1. The molecule has 7 atom stereocenters. The Morgan fingerprint density at radius 2 is 1.92 bits per heavy atom. The smallest absolute Gasteiger partial charge is 0.246 e. The molecule has 37 heavy (non-hydrogen) atoms. The van der Waals surface area contributed by atoms with Gasteiger partial charge in [-0.2, -0.15) is 0 Å². The number of nitrogens with zero attached hydrogens (tertiary/aromatic N) is 2. The number of nitrogens with one attached hydrogen (secondary N) is 2. The number of amides is 2. The molecule has 1 aromatic carbocycles. The molecule has 3 fully saturated rings. The van der Waals surface area contributed by atoms with Crippen molar-refractivity contribution in [1.29, 1.82) is 0 Å². The van der Waals surface area contributed by atoms with E-state index in [1.54, 1.807) is 18.2 Å². The summed E-state index contributed by atoms with van der Waals surface area (Å²) in [4.78, 5) is 35.2. The minimum atomic E-state index is 0.0589. The number of likely N-dealkylation sites (N-methyl/N-ethyl adjacent to an activating group) is 1. The molecule has 3 saturated carbocycles. The number of benzene rings is 1. The summed E-state index contributed by atoms with van der Waals surface area (Å²) in [6, 6.07) is 3.81. The van der Waals surface area contributed by atoms with Gasteiger partial charge in [-0.05, 0) is 85.8 Å². The molecule has 2 aromatic rings. The number of imidazole rings is 1. The predicted octanol–water partition coefficient (Wildman–Crippen LogP) is 6.13. The van der Waals surface area contributed by atoms with Crippen molar-refractivity contribution in [2.45, 2.75) is 71.4 Å². The van der Waals surface area contributed by atoms with E-state index in [2.05, 4.69) is 35.2 Å². The molecule has 0 bridgehead atoms. The van der Waals surface area contributed by atoms with E-state index >= 15 is 0 Å². The number of aromatic nitrogens is 2. The van der Waals surface area contributed by atoms with Gasteiger partial charge in [0, 0.05) is 24.9 Å². The highest BCUT2D eigenvalue weighted by Crippen LogP contribution is 2.65. The molecule has 2 N–H and O–H groups in total. The molecular formula is C29H36Cl2N4O2. The Balaban J connectivity index is 1.12. The molecule has 6 rings (SSSR count). The lowest BCUT2D eigenvalue weighted by atomic mass is 9.47. The number of aromatic amines is 1. The van der Waals surface area contributed by atoms with Gasteiger partial charge < -0.3 is 15.2 Å². The minimum absolute atomic E-state index is 0.0589. The van der Waals surface area contributed by atoms with Crippen LogP contribution in [0.3, 0.4) is 0 Å². The molecular weight excluding hydrogens is 507 g/mol. The zero-order chi connectivity index (χ0) is 26.1. The molecule has 6 nitrogen and oxygen atoms in total. The second-order valence-electron chi connectivity index (χ2n) is 12.4. The van der Waals surface area contributed by atoms with Crippen molar-refractivity contribution in [3.05, 3.63) is 40.2 Å². The summed E-state index contributed by atoms with van der Waals surface area (Å²) in [6.07, 6.45) is 11.5. The maximum Gasteiger partial charge on any atom is 0.246 e. The van der Waals surface area contributed by atoms with Crippen LogP contribution in [0.1, 0.15) is 64.6 Å². The van der Waals surface area contributed by atoms with E-state index < -0.39 is 0 Å². The van der Waals surface area contributed by atoms with E-state index in [9.17, 15) is 9.59 Å². The van der Waals surface area contributed by atoms with Crippen molar-refractivity contribution in [3.8, 4) is 0 Å². The lowest BCUT2D eigenvalue weighted by Gasteiger charge is -2.60. The highest BCUT2D eigenvalue weighted by atomic mass is 35.5. The van der Waals surface area contributed by atoms with Gasteiger partial charge in [0.15, 0.2) is 0 Å². The molecule has 1 aromatic heterocycles. The number of carbonyl (C=O) groups excluding carboxylic acids is 2. The molecule has 3 aliphatic carbocycles. The van der Waals surface area contributed by atoms with Crippen molar-refractivity contribution in [2.24, 2.45) is 34.5 Å². The SMILES string of the molecule is CN1C(=O)C=C[C@]2(C)C3CC[C@@]4(C)C(CC[C@@H]4CC(=O)NCc4nc5cc(Cl)c(Cl)cc5[nH]4)C3CCC12. The Morgan fingerprint density at radius 1 is 1.14 bits per heavy atom. The average Bonchev–Trinajstić information content (AvgIpc) is 3.40. The summed E-state index contributed by atoms with van der Waals surface area (Å²) >= 11 is 12.2. The fraction of sp³-hybridized carbons (Fsp3) is 0.621. The quantitative estimate of drug-likeness (QED) is 0.487. The van der Waals surface area contributed by atoms with E-state index in [0.29, 0.717) is 58.5 Å². The van der Waals surface area contributed by atoms with Gasteiger partial charge in [-0.25, -0.2) is 4.98 Å². The zero-order valence-corrected chi connectivity index (χ0v) is 23.3. The van der Waals surface area contributed by atoms with E-state index in [1.165, 1.54) is 19.3 Å². The fourth-order valence-electron chi connectivity index (χ4n) is 8.80. The van der Waals surface area contributed by atoms with E-state index in [4.69, 9.17) is 23.2 Å². The number of H-pyrrole nitrogens is 1. The Hall–Kier alpha value is -2.05. The molecule has 198 valence electrons. The van der Waals surface area contributed by atoms with E-state index in [1.807, 2.05) is 11.9 Å². The number of halogens is 2. The van der Waals surface area contributed by atoms with Gasteiger partial charge in [-0.1, -0.05) is 43.1 Å². The summed E-state index contributed by atoms with van der Waals surface area (Å²) in [5.41, 5.74) is 1.82. The van der Waals surface area contributed by atoms with Gasteiger partial charge >= 0.3 is 0 Å². The normalized spacial score (nSPS) is 36.8. The summed E-state index contributed by atoms with van der Waals surface area (Å²) in [5.74, 6) is 3.28. The largest absolute Gasteiger partial charge is 0.349 e. The van der Waals surface area contributed by atoms with Crippen LogP contribution in [0.4, 0.5) is 0 Å². The lowest BCUT2D eigenvalue weighted by molar-refractivity contribution is -0.139. The summed E-state index contributed by atoms with van der Waals surface area (Å²) in [5, 5.41) is 4.04. The van der Waals surface area contributed by atoms with Crippen molar-refractivity contribution < 1.29 is 9.59 Å². The van der Waals surface area contributed by atoms with Gasteiger partial charge in [0.25, 0.3) is 0 Å². The topological polar surface area (TPSA) is 78.1 Å². The predicted molar refractivity (Wildman–Crippen MR) is 146 cm³/mol. The van der Waals surface area contributed by atoms with Crippen molar-refractivity contribution >= 4 is 46.0 Å². The zero-order valence-electron chi connectivity index (χ0n) is 21.8. The Bertz CT molecular complexity index is 1250.